The summed E-state index contributed by atoms with van der Waals surface area (Å²) < 4.78 is 1.48. The summed E-state index contributed by atoms with van der Waals surface area (Å²) in [5, 5.41) is 30.5. The molecule has 4 N–H and O–H groups in total. The molecule has 14 nitrogen and oxygen atoms in total. The number of aromatic nitrogens is 5. The van der Waals surface area contributed by atoms with Crippen molar-refractivity contribution in [3.8, 4) is 0 Å². The van der Waals surface area contributed by atoms with E-state index in [-0.39, 0.29) is 12.1 Å². The fourth-order valence-electron chi connectivity index (χ4n) is 3.28. The number of carboxylic acids is 1. The lowest BCUT2D eigenvalue weighted by molar-refractivity contribution is -0.150. The largest absolute Gasteiger partial charge is 0.477 e. The molecule has 4 rings (SSSR count). The summed E-state index contributed by atoms with van der Waals surface area (Å²) in [7, 11) is 3.15. The van der Waals surface area contributed by atoms with Crippen molar-refractivity contribution in [2.45, 2.75) is 23.0 Å². The van der Waals surface area contributed by atoms with Gasteiger partial charge in [-0.2, -0.15) is 0 Å². The molecule has 2 aromatic heterocycles. The summed E-state index contributed by atoms with van der Waals surface area (Å²) in [6.07, 6.45) is -0.0810. The molecule has 0 bridgehead atoms. The Morgan fingerprint density at radius 3 is 2.82 bits per heavy atom. The van der Waals surface area contributed by atoms with Crippen molar-refractivity contribution in [2.24, 2.45) is 7.05 Å². The maximum Gasteiger partial charge on any atom is 0.352 e. The molecular formula is C17H19N9O5S3. The average molecular weight is 526 g/mol. The predicted molar refractivity (Wildman–Crippen MR) is 123 cm³/mol. The minimum atomic E-state index is -1.20. The van der Waals surface area contributed by atoms with Crippen LogP contribution in [0.4, 0.5) is 9.93 Å². The first kappa shape index (κ1) is 24.0. The standard InChI is InChI=1S/C17H19N9O5S3/c1-18-15(31)21-16-19-8(6-33-16)3-9(27)20-10-12(28)26-11(14(29)30)7(4-32-13(10)26)5-34-17-22-23-24-25(17)2/h6,10,13H,3-5H2,1-2H3,(H,20,27)(H,29,30)(H2,18,19,21,31)/t10?,13-/m1/s1. The molecule has 0 aliphatic carbocycles. The van der Waals surface area contributed by atoms with E-state index in [4.69, 9.17) is 0 Å². The molecule has 180 valence electrons. The topological polar surface area (TPSA) is 184 Å². The van der Waals surface area contributed by atoms with Gasteiger partial charge in [0.2, 0.25) is 11.1 Å². The number of rotatable bonds is 8. The molecule has 1 unspecified atom stereocenters. The van der Waals surface area contributed by atoms with Gasteiger partial charge < -0.3 is 15.7 Å². The smallest absolute Gasteiger partial charge is 0.352 e. The van der Waals surface area contributed by atoms with Gasteiger partial charge in [-0.3, -0.25) is 19.8 Å². The first-order chi connectivity index (χ1) is 16.3. The Morgan fingerprint density at radius 2 is 2.15 bits per heavy atom. The van der Waals surface area contributed by atoms with E-state index in [0.717, 1.165) is 0 Å². The summed E-state index contributed by atoms with van der Waals surface area (Å²) in [6, 6.07) is -1.25. The van der Waals surface area contributed by atoms with Crippen molar-refractivity contribution in [1.82, 2.24) is 40.7 Å². The Hall–Kier alpha value is -3.18. The van der Waals surface area contributed by atoms with Gasteiger partial charge in [0.15, 0.2) is 5.13 Å². The highest BCUT2D eigenvalue weighted by atomic mass is 32.2. The summed E-state index contributed by atoms with van der Waals surface area (Å²) in [5.74, 6) is -1.40. The number of β-lactam (4-membered cyclic amide) rings is 1. The van der Waals surface area contributed by atoms with E-state index in [1.165, 1.54) is 51.5 Å². The number of aryl methyl sites for hydroxylation is 1. The Morgan fingerprint density at radius 1 is 1.35 bits per heavy atom. The number of amides is 4. The molecule has 0 spiro atoms. The average Bonchev–Trinajstić information content (AvgIpc) is 3.43. The number of urea groups is 1. The molecule has 2 aliphatic rings. The molecule has 4 amide bonds. The van der Waals surface area contributed by atoms with Crippen molar-refractivity contribution >= 4 is 63.8 Å². The van der Waals surface area contributed by atoms with Crippen LogP contribution in [0, 0.1) is 0 Å². The maximum absolute atomic E-state index is 12.8. The van der Waals surface area contributed by atoms with E-state index in [1.807, 2.05) is 0 Å². The number of carbonyl (C=O) groups excluding carboxylic acids is 3. The third-order valence-corrected chi connectivity index (χ3v) is 8.11. The number of nitrogens with one attached hydrogen (secondary N) is 3. The molecular weight excluding hydrogens is 506 g/mol. The number of fused-ring (bicyclic) bond motifs is 1. The van der Waals surface area contributed by atoms with Crippen LogP contribution in [0.25, 0.3) is 0 Å². The van der Waals surface area contributed by atoms with Crippen molar-refractivity contribution in [3.05, 3.63) is 22.3 Å². The fraction of sp³-hybridized carbons (Fsp3) is 0.412. The number of thiazole rings is 1. The number of tetrazole rings is 1. The summed E-state index contributed by atoms with van der Waals surface area (Å²) in [4.78, 5) is 54.0. The highest BCUT2D eigenvalue weighted by Crippen LogP contribution is 2.41. The molecule has 2 aliphatic heterocycles. The number of aliphatic carboxylic acids is 1. The minimum absolute atomic E-state index is 0.0636. The highest BCUT2D eigenvalue weighted by molar-refractivity contribution is 8.01. The maximum atomic E-state index is 12.8. The Kier molecular flexibility index (Phi) is 7.03. The lowest BCUT2D eigenvalue weighted by Gasteiger charge is -2.49. The summed E-state index contributed by atoms with van der Waals surface area (Å²) in [6.45, 7) is 0. The van der Waals surface area contributed by atoms with Crippen LogP contribution in [0.5, 0.6) is 0 Å². The second-order valence-corrected chi connectivity index (χ2v) is 10.0. The first-order valence-corrected chi connectivity index (χ1v) is 12.7. The van der Waals surface area contributed by atoms with Crippen LogP contribution in [0.1, 0.15) is 5.69 Å². The van der Waals surface area contributed by atoms with Crippen molar-refractivity contribution < 1.29 is 24.3 Å². The van der Waals surface area contributed by atoms with Gasteiger partial charge in [0, 0.05) is 31.0 Å². The number of hydrogen-bond donors (Lipinski definition) is 4. The van der Waals surface area contributed by atoms with Crippen LogP contribution in [0.3, 0.4) is 0 Å². The Labute approximate surface area is 204 Å². The molecule has 2 atom stereocenters. The van der Waals surface area contributed by atoms with Crippen LogP contribution in [-0.2, 0) is 27.9 Å². The van der Waals surface area contributed by atoms with Crippen LogP contribution < -0.4 is 16.0 Å². The third-order valence-electron chi connectivity index (χ3n) is 4.86. The molecule has 17 heteroatoms. The van der Waals surface area contributed by atoms with E-state index >= 15 is 0 Å². The molecule has 0 aromatic carbocycles. The Bertz CT molecular complexity index is 1180. The van der Waals surface area contributed by atoms with Gasteiger partial charge in [0.05, 0.1) is 12.1 Å². The van der Waals surface area contributed by atoms with Crippen LogP contribution in [-0.4, -0.2) is 89.0 Å². The molecule has 4 heterocycles. The van der Waals surface area contributed by atoms with E-state index in [9.17, 15) is 24.3 Å². The lowest BCUT2D eigenvalue weighted by atomic mass is 10.0. The number of carbonyl (C=O) groups is 4. The van der Waals surface area contributed by atoms with Gasteiger partial charge in [-0.1, -0.05) is 11.8 Å². The number of anilines is 1. The van der Waals surface area contributed by atoms with E-state index in [0.29, 0.717) is 33.1 Å². The molecule has 0 radical (unpaired) electrons. The van der Waals surface area contributed by atoms with Crippen molar-refractivity contribution in [3.63, 3.8) is 0 Å². The minimum Gasteiger partial charge on any atom is -0.477 e. The van der Waals surface area contributed by atoms with Gasteiger partial charge in [0.25, 0.3) is 5.91 Å². The van der Waals surface area contributed by atoms with Gasteiger partial charge >= 0.3 is 12.0 Å². The van der Waals surface area contributed by atoms with Crippen molar-refractivity contribution in [1.29, 1.82) is 0 Å². The van der Waals surface area contributed by atoms with Crippen molar-refractivity contribution in [2.75, 3.05) is 23.9 Å². The molecule has 34 heavy (non-hydrogen) atoms. The normalized spacial score (nSPS) is 19.4. The summed E-state index contributed by atoms with van der Waals surface area (Å²) in [5.41, 5.74) is 0.960. The first-order valence-electron chi connectivity index (χ1n) is 9.76. The second kappa shape index (κ2) is 9.98. The molecule has 1 saturated heterocycles. The van der Waals surface area contributed by atoms with Crippen LogP contribution in [0.15, 0.2) is 21.8 Å². The number of nitrogens with zero attached hydrogens (tertiary/aromatic N) is 6. The predicted octanol–water partition coefficient (Wildman–Crippen LogP) is -0.509. The fourth-order valence-corrected chi connectivity index (χ4v) is 6.32. The lowest BCUT2D eigenvalue weighted by Crippen LogP contribution is -2.70. The molecule has 2 aromatic rings. The summed E-state index contributed by atoms with van der Waals surface area (Å²) >= 11 is 3.84. The van der Waals surface area contributed by atoms with Gasteiger partial charge in [-0.25, -0.2) is 19.3 Å². The monoisotopic (exact) mass is 525 g/mol. The molecule has 0 saturated carbocycles. The Balaban J connectivity index is 1.38. The van der Waals surface area contributed by atoms with Crippen LogP contribution in [0.2, 0.25) is 0 Å². The zero-order valence-electron chi connectivity index (χ0n) is 17.8. The van der Waals surface area contributed by atoms with E-state index < -0.39 is 35.2 Å². The van der Waals surface area contributed by atoms with E-state index in [2.05, 4.69) is 36.5 Å². The quantitative estimate of drug-likeness (QED) is 0.257. The van der Waals surface area contributed by atoms with Crippen LogP contribution >= 0.6 is 34.9 Å². The third kappa shape index (κ3) is 4.85. The number of hydrogen-bond acceptors (Lipinski definition) is 11. The van der Waals surface area contributed by atoms with Gasteiger partial charge in [-0.05, 0) is 16.0 Å². The zero-order chi connectivity index (χ0) is 24.4. The number of thioether (sulfide) groups is 2. The van der Waals surface area contributed by atoms with E-state index in [1.54, 1.807) is 12.4 Å². The highest BCUT2D eigenvalue weighted by Gasteiger charge is 2.54. The number of carboxylic acid groups (broad SMARTS) is 1. The van der Waals surface area contributed by atoms with Gasteiger partial charge in [-0.15, -0.1) is 28.2 Å². The SMILES string of the molecule is CNC(=O)Nc1nc(CC(=O)NC2C(=O)N3C(C(=O)O)=C(CSc4nnnn4C)CS[C@H]23)cs1. The second-order valence-electron chi connectivity index (χ2n) is 7.11. The zero-order valence-corrected chi connectivity index (χ0v) is 20.3. The molecule has 1 fully saturated rings. The van der Waals surface area contributed by atoms with Gasteiger partial charge in [0.1, 0.15) is 17.1 Å².